The summed E-state index contributed by atoms with van der Waals surface area (Å²) in [6.07, 6.45) is -4.88. The van der Waals surface area contributed by atoms with Gasteiger partial charge >= 0.3 is 0 Å². The minimum absolute atomic E-state index is 0.0628. The minimum Gasteiger partial charge on any atom is -0.394 e. The SMILES string of the molecule is O=CC[C@](O)(F)[C@H](O)[C@H](O)CO. The van der Waals surface area contributed by atoms with Crippen LogP contribution in [0.4, 0.5) is 4.39 Å². The highest BCUT2D eigenvalue weighted by Gasteiger charge is 2.39. The van der Waals surface area contributed by atoms with E-state index in [1.807, 2.05) is 0 Å². The fourth-order valence-electron chi connectivity index (χ4n) is 0.632. The number of carbonyl (C=O) groups is 1. The predicted molar refractivity (Wildman–Crippen MR) is 35.8 cm³/mol. The first-order valence-electron chi connectivity index (χ1n) is 3.27. The maximum atomic E-state index is 12.7. The van der Waals surface area contributed by atoms with Gasteiger partial charge in [-0.15, -0.1) is 0 Å². The zero-order valence-corrected chi connectivity index (χ0v) is 6.22. The third kappa shape index (κ3) is 2.82. The van der Waals surface area contributed by atoms with Crippen LogP contribution in [0.1, 0.15) is 6.42 Å². The number of alkyl halides is 1. The van der Waals surface area contributed by atoms with E-state index in [2.05, 4.69) is 0 Å². The van der Waals surface area contributed by atoms with Crippen molar-refractivity contribution in [2.45, 2.75) is 24.5 Å². The molecule has 0 radical (unpaired) electrons. The molecule has 0 aliphatic rings. The Bertz CT molecular complexity index is 149. The number of rotatable bonds is 5. The Balaban J connectivity index is 4.22. The fourth-order valence-corrected chi connectivity index (χ4v) is 0.632. The third-order valence-corrected chi connectivity index (χ3v) is 1.37. The zero-order chi connectivity index (χ0) is 9.78. The first-order chi connectivity index (χ1) is 5.45. The standard InChI is InChI=1S/C6H11FO5/c7-6(12,1-2-8)5(11)4(10)3-9/h2,4-5,9-12H,1,3H2/t4-,5-,6-/m1/s1. The Morgan fingerprint density at radius 3 is 2.33 bits per heavy atom. The molecular formula is C6H11FO5. The molecule has 0 unspecified atom stereocenters. The Morgan fingerprint density at radius 2 is 2.00 bits per heavy atom. The second-order valence-electron chi connectivity index (χ2n) is 2.38. The van der Waals surface area contributed by atoms with E-state index in [1.165, 1.54) is 0 Å². The fraction of sp³-hybridized carbons (Fsp3) is 0.833. The number of hydrogen-bond acceptors (Lipinski definition) is 5. The van der Waals surface area contributed by atoms with Gasteiger partial charge in [0.15, 0.2) is 0 Å². The molecule has 4 N–H and O–H groups in total. The summed E-state index contributed by atoms with van der Waals surface area (Å²) < 4.78 is 12.7. The van der Waals surface area contributed by atoms with E-state index in [-0.39, 0.29) is 6.29 Å². The van der Waals surface area contributed by atoms with Gasteiger partial charge in [0.25, 0.3) is 0 Å². The summed E-state index contributed by atoms with van der Waals surface area (Å²) >= 11 is 0. The lowest BCUT2D eigenvalue weighted by Crippen LogP contribution is -2.47. The Labute approximate surface area is 68.1 Å². The van der Waals surface area contributed by atoms with Crippen molar-refractivity contribution in [1.82, 2.24) is 0 Å². The van der Waals surface area contributed by atoms with Crippen molar-refractivity contribution < 1.29 is 29.6 Å². The van der Waals surface area contributed by atoms with Crippen LogP contribution in [-0.2, 0) is 4.79 Å². The molecule has 0 spiro atoms. The van der Waals surface area contributed by atoms with E-state index in [9.17, 15) is 9.18 Å². The molecule has 72 valence electrons. The van der Waals surface area contributed by atoms with E-state index in [0.29, 0.717) is 0 Å². The molecule has 0 saturated carbocycles. The van der Waals surface area contributed by atoms with Crippen molar-refractivity contribution in [2.75, 3.05) is 6.61 Å². The number of aliphatic hydroxyl groups excluding tert-OH is 3. The van der Waals surface area contributed by atoms with Crippen LogP contribution >= 0.6 is 0 Å². The minimum atomic E-state index is -3.19. The first-order valence-corrected chi connectivity index (χ1v) is 3.27. The molecule has 0 amide bonds. The van der Waals surface area contributed by atoms with Crippen LogP contribution in [0.2, 0.25) is 0 Å². The Kier molecular flexibility index (Phi) is 4.25. The van der Waals surface area contributed by atoms with E-state index < -0.39 is 31.1 Å². The van der Waals surface area contributed by atoms with E-state index in [0.717, 1.165) is 0 Å². The quantitative estimate of drug-likeness (QED) is 0.367. The van der Waals surface area contributed by atoms with E-state index in [1.54, 1.807) is 0 Å². The molecular weight excluding hydrogens is 171 g/mol. The van der Waals surface area contributed by atoms with Gasteiger partial charge in [-0.05, 0) is 0 Å². The van der Waals surface area contributed by atoms with Crippen molar-refractivity contribution in [3.63, 3.8) is 0 Å². The van der Waals surface area contributed by atoms with Crippen LogP contribution in [-0.4, -0.2) is 51.4 Å². The number of hydrogen-bond donors (Lipinski definition) is 4. The van der Waals surface area contributed by atoms with Crippen LogP contribution in [0.25, 0.3) is 0 Å². The number of halogens is 1. The van der Waals surface area contributed by atoms with Gasteiger partial charge < -0.3 is 25.2 Å². The van der Waals surface area contributed by atoms with Crippen molar-refractivity contribution in [1.29, 1.82) is 0 Å². The number of carbonyl (C=O) groups excluding carboxylic acids is 1. The van der Waals surface area contributed by atoms with Crippen LogP contribution in [0.3, 0.4) is 0 Å². The number of aliphatic hydroxyl groups is 4. The lowest BCUT2D eigenvalue weighted by Gasteiger charge is -2.25. The van der Waals surface area contributed by atoms with Gasteiger partial charge in [-0.1, -0.05) is 0 Å². The first kappa shape index (κ1) is 11.4. The topological polar surface area (TPSA) is 98.0 Å². The molecule has 5 nitrogen and oxygen atoms in total. The van der Waals surface area contributed by atoms with Crippen LogP contribution in [0.15, 0.2) is 0 Å². The van der Waals surface area contributed by atoms with Crippen molar-refractivity contribution >= 4 is 6.29 Å². The molecule has 0 aromatic carbocycles. The number of aldehydes is 1. The summed E-state index contributed by atoms with van der Waals surface area (Å²) in [6, 6.07) is 0. The van der Waals surface area contributed by atoms with Gasteiger partial charge in [0, 0.05) is 0 Å². The lowest BCUT2D eigenvalue weighted by atomic mass is 10.0. The summed E-state index contributed by atoms with van der Waals surface area (Å²) in [7, 11) is 0. The van der Waals surface area contributed by atoms with Crippen LogP contribution < -0.4 is 0 Å². The lowest BCUT2D eigenvalue weighted by molar-refractivity contribution is -0.205. The van der Waals surface area contributed by atoms with Gasteiger partial charge in [-0.3, -0.25) is 0 Å². The summed E-state index contributed by atoms with van der Waals surface area (Å²) in [5, 5.41) is 34.4. The van der Waals surface area contributed by atoms with Crippen LogP contribution in [0, 0.1) is 0 Å². The smallest absolute Gasteiger partial charge is 0.242 e. The Hall–Kier alpha value is -0.560. The maximum Gasteiger partial charge on any atom is 0.242 e. The normalized spacial score (nSPS) is 21.1. The van der Waals surface area contributed by atoms with Crippen molar-refractivity contribution in [3.05, 3.63) is 0 Å². The summed E-state index contributed by atoms with van der Waals surface area (Å²) in [4.78, 5) is 9.78. The second kappa shape index (κ2) is 4.46. The zero-order valence-electron chi connectivity index (χ0n) is 6.22. The van der Waals surface area contributed by atoms with Gasteiger partial charge in [0.1, 0.15) is 18.5 Å². The molecule has 0 aliphatic carbocycles. The average Bonchev–Trinajstić information content (AvgIpc) is 2.01. The molecule has 12 heavy (non-hydrogen) atoms. The molecule has 0 fully saturated rings. The summed E-state index contributed by atoms with van der Waals surface area (Å²) in [5.41, 5.74) is 0. The van der Waals surface area contributed by atoms with Crippen molar-refractivity contribution in [3.8, 4) is 0 Å². The Morgan fingerprint density at radius 1 is 1.50 bits per heavy atom. The van der Waals surface area contributed by atoms with Gasteiger partial charge in [0.05, 0.1) is 13.0 Å². The molecule has 0 aliphatic heterocycles. The summed E-state index contributed by atoms with van der Waals surface area (Å²) in [5.74, 6) is -3.19. The molecule has 0 saturated heterocycles. The molecule has 6 heteroatoms. The molecule has 3 atom stereocenters. The summed E-state index contributed by atoms with van der Waals surface area (Å²) in [6.45, 7) is -0.897. The third-order valence-electron chi connectivity index (χ3n) is 1.37. The predicted octanol–water partition coefficient (Wildman–Crippen LogP) is -2.05. The van der Waals surface area contributed by atoms with Gasteiger partial charge in [0.2, 0.25) is 5.85 Å². The monoisotopic (exact) mass is 182 g/mol. The van der Waals surface area contributed by atoms with E-state index >= 15 is 0 Å². The second-order valence-corrected chi connectivity index (χ2v) is 2.38. The largest absolute Gasteiger partial charge is 0.394 e. The molecule has 0 aromatic heterocycles. The molecule has 0 aromatic rings. The maximum absolute atomic E-state index is 12.7. The van der Waals surface area contributed by atoms with Gasteiger partial charge in [-0.2, -0.15) is 0 Å². The highest BCUT2D eigenvalue weighted by Crippen LogP contribution is 2.18. The molecule has 0 heterocycles. The average molecular weight is 182 g/mol. The molecule has 0 bridgehead atoms. The van der Waals surface area contributed by atoms with Gasteiger partial charge in [-0.25, -0.2) is 4.39 Å². The molecule has 0 rings (SSSR count). The van der Waals surface area contributed by atoms with E-state index in [4.69, 9.17) is 20.4 Å². The van der Waals surface area contributed by atoms with Crippen molar-refractivity contribution in [2.24, 2.45) is 0 Å². The highest BCUT2D eigenvalue weighted by molar-refractivity contribution is 5.51. The van der Waals surface area contributed by atoms with Crippen LogP contribution in [0.5, 0.6) is 0 Å². The highest BCUT2D eigenvalue weighted by atomic mass is 19.2.